The largest absolute Gasteiger partial charge is 0.340 e. The fourth-order valence-electron chi connectivity index (χ4n) is 3.09. The third-order valence-electron chi connectivity index (χ3n) is 4.57. The van der Waals surface area contributed by atoms with Gasteiger partial charge in [-0.2, -0.15) is 5.26 Å². The van der Waals surface area contributed by atoms with Gasteiger partial charge in [-0.05, 0) is 30.3 Å². The van der Waals surface area contributed by atoms with Crippen LogP contribution in [0.4, 0.5) is 11.5 Å². The van der Waals surface area contributed by atoms with Crippen molar-refractivity contribution in [3.05, 3.63) is 78.9 Å². The molecule has 8 heteroatoms. The lowest BCUT2D eigenvalue weighted by Gasteiger charge is -2.12. The van der Waals surface area contributed by atoms with Crippen LogP contribution in [0.2, 0.25) is 0 Å². The van der Waals surface area contributed by atoms with Crippen molar-refractivity contribution in [1.82, 2.24) is 14.7 Å². The van der Waals surface area contributed by atoms with Crippen LogP contribution in [0, 0.1) is 11.3 Å². The van der Waals surface area contributed by atoms with Crippen molar-refractivity contribution in [2.24, 2.45) is 0 Å². The number of benzene rings is 3. The number of para-hydroxylation sites is 1. The number of rotatable bonds is 7. The SMILES string of the molecule is N#CCCNS(=O)(=O)c1cccc(Nc2nc(-c3ccccc3)nc3ccccc23)c1. The number of hydrogen-bond donors (Lipinski definition) is 2. The first-order chi connectivity index (χ1) is 15.1. The number of hydrogen-bond acceptors (Lipinski definition) is 6. The summed E-state index contributed by atoms with van der Waals surface area (Å²) in [5.41, 5.74) is 2.24. The van der Waals surface area contributed by atoms with Crippen LogP contribution in [0.1, 0.15) is 6.42 Å². The quantitative estimate of drug-likeness (QED) is 0.426. The summed E-state index contributed by atoms with van der Waals surface area (Å²) in [6, 6.07) is 25.7. The molecule has 0 saturated carbocycles. The number of nitrogens with one attached hydrogen (secondary N) is 2. The van der Waals surface area contributed by atoms with Crippen LogP contribution in [0.25, 0.3) is 22.3 Å². The lowest BCUT2D eigenvalue weighted by atomic mass is 10.2. The molecule has 2 N–H and O–H groups in total. The molecule has 0 atom stereocenters. The summed E-state index contributed by atoms with van der Waals surface area (Å²) < 4.78 is 27.4. The Balaban J connectivity index is 1.71. The van der Waals surface area contributed by atoms with Crippen molar-refractivity contribution in [2.45, 2.75) is 11.3 Å². The van der Waals surface area contributed by atoms with Gasteiger partial charge in [0.05, 0.1) is 16.5 Å². The summed E-state index contributed by atoms with van der Waals surface area (Å²) in [6.45, 7) is 0.0630. The number of nitrogens with zero attached hydrogens (tertiary/aromatic N) is 3. The highest BCUT2D eigenvalue weighted by Gasteiger charge is 2.15. The minimum atomic E-state index is -3.71. The van der Waals surface area contributed by atoms with Gasteiger partial charge in [0, 0.05) is 29.6 Å². The van der Waals surface area contributed by atoms with E-state index in [9.17, 15) is 8.42 Å². The zero-order valence-corrected chi connectivity index (χ0v) is 17.3. The third-order valence-corrected chi connectivity index (χ3v) is 6.03. The molecule has 0 unspecified atom stereocenters. The predicted molar refractivity (Wildman–Crippen MR) is 120 cm³/mol. The fourth-order valence-corrected chi connectivity index (χ4v) is 4.17. The van der Waals surface area contributed by atoms with E-state index < -0.39 is 10.0 Å². The molecule has 1 heterocycles. The molecule has 7 nitrogen and oxygen atoms in total. The molecule has 0 amide bonds. The highest BCUT2D eigenvalue weighted by molar-refractivity contribution is 7.89. The van der Waals surface area contributed by atoms with E-state index in [-0.39, 0.29) is 17.9 Å². The van der Waals surface area contributed by atoms with Gasteiger partial charge < -0.3 is 5.32 Å². The molecule has 31 heavy (non-hydrogen) atoms. The second kappa shape index (κ2) is 8.92. The Hall–Kier alpha value is -3.80. The molecular weight excluding hydrogens is 410 g/mol. The molecule has 0 spiro atoms. The highest BCUT2D eigenvalue weighted by Crippen LogP contribution is 2.28. The van der Waals surface area contributed by atoms with Crippen molar-refractivity contribution >= 4 is 32.4 Å². The van der Waals surface area contributed by atoms with Gasteiger partial charge in [-0.3, -0.25) is 0 Å². The summed E-state index contributed by atoms with van der Waals surface area (Å²) >= 11 is 0. The van der Waals surface area contributed by atoms with Crippen molar-refractivity contribution in [2.75, 3.05) is 11.9 Å². The minimum absolute atomic E-state index is 0.0630. The second-order valence-corrected chi connectivity index (χ2v) is 8.50. The Bertz CT molecular complexity index is 1370. The van der Waals surface area contributed by atoms with Gasteiger partial charge in [-0.15, -0.1) is 0 Å². The van der Waals surface area contributed by atoms with Crippen molar-refractivity contribution in [3.8, 4) is 17.5 Å². The molecule has 3 aromatic carbocycles. The molecule has 0 saturated heterocycles. The maximum Gasteiger partial charge on any atom is 0.240 e. The molecule has 0 radical (unpaired) electrons. The maximum absolute atomic E-state index is 12.5. The number of aromatic nitrogens is 2. The predicted octanol–water partition coefficient (Wildman–Crippen LogP) is 4.23. The van der Waals surface area contributed by atoms with Crippen molar-refractivity contribution < 1.29 is 8.42 Å². The molecule has 1 aromatic heterocycles. The van der Waals surface area contributed by atoms with Gasteiger partial charge in [-0.1, -0.05) is 48.5 Å². The Labute approximate surface area is 180 Å². The molecule has 0 aliphatic heterocycles. The smallest absolute Gasteiger partial charge is 0.240 e. The summed E-state index contributed by atoms with van der Waals surface area (Å²) in [5, 5.41) is 12.7. The number of fused-ring (bicyclic) bond motifs is 1. The molecule has 154 valence electrons. The summed E-state index contributed by atoms with van der Waals surface area (Å²) in [7, 11) is -3.71. The fraction of sp³-hybridized carbons (Fsp3) is 0.0870. The van der Waals surface area contributed by atoms with Gasteiger partial charge in [0.2, 0.25) is 10.0 Å². The van der Waals surface area contributed by atoms with E-state index in [0.717, 1.165) is 16.5 Å². The molecule has 0 aliphatic rings. The zero-order chi connectivity index (χ0) is 21.7. The number of sulfonamides is 1. The first-order valence-electron chi connectivity index (χ1n) is 9.63. The van der Waals surface area contributed by atoms with Crippen LogP contribution in [-0.4, -0.2) is 24.9 Å². The molecular formula is C23H19N5O2S. The topological polar surface area (TPSA) is 108 Å². The minimum Gasteiger partial charge on any atom is -0.340 e. The van der Waals surface area contributed by atoms with Crippen molar-refractivity contribution in [1.29, 1.82) is 5.26 Å². The van der Waals surface area contributed by atoms with Gasteiger partial charge >= 0.3 is 0 Å². The molecule has 0 aliphatic carbocycles. The van der Waals surface area contributed by atoms with E-state index in [2.05, 4.69) is 15.0 Å². The Morgan fingerprint density at radius 1 is 0.903 bits per heavy atom. The van der Waals surface area contributed by atoms with Crippen LogP contribution in [0.3, 0.4) is 0 Å². The first-order valence-corrected chi connectivity index (χ1v) is 11.1. The van der Waals surface area contributed by atoms with Crippen LogP contribution >= 0.6 is 0 Å². The standard InChI is InChI=1S/C23H19N5O2S/c24-14-7-15-25-31(29,30)19-11-6-10-18(16-19)26-23-20-12-4-5-13-21(20)27-22(28-23)17-8-2-1-3-9-17/h1-6,8-13,16,25H,7,15H2,(H,26,27,28). The zero-order valence-electron chi connectivity index (χ0n) is 16.5. The Morgan fingerprint density at radius 3 is 2.48 bits per heavy atom. The summed E-state index contributed by atoms with van der Waals surface area (Å²) in [6.07, 6.45) is 0.104. The average molecular weight is 430 g/mol. The lowest BCUT2D eigenvalue weighted by molar-refractivity contribution is 0.582. The van der Waals surface area contributed by atoms with Gasteiger partial charge in [0.25, 0.3) is 0 Å². The van der Waals surface area contributed by atoms with E-state index in [1.54, 1.807) is 12.1 Å². The molecule has 0 bridgehead atoms. The molecule has 4 aromatic rings. The molecule has 0 fully saturated rings. The van der Waals surface area contributed by atoms with E-state index >= 15 is 0 Å². The van der Waals surface area contributed by atoms with Gasteiger partial charge in [-0.25, -0.2) is 23.1 Å². The Morgan fingerprint density at radius 2 is 1.68 bits per heavy atom. The second-order valence-electron chi connectivity index (χ2n) is 6.74. The van der Waals surface area contributed by atoms with E-state index in [1.165, 1.54) is 12.1 Å². The van der Waals surface area contributed by atoms with Crippen LogP contribution in [0.15, 0.2) is 83.8 Å². The van der Waals surface area contributed by atoms with E-state index in [1.807, 2.05) is 60.7 Å². The number of nitriles is 1. The van der Waals surface area contributed by atoms with E-state index in [0.29, 0.717) is 17.3 Å². The monoisotopic (exact) mass is 429 g/mol. The third kappa shape index (κ3) is 4.69. The lowest BCUT2D eigenvalue weighted by Crippen LogP contribution is -2.24. The average Bonchev–Trinajstić information content (AvgIpc) is 2.80. The maximum atomic E-state index is 12.5. The normalized spacial score (nSPS) is 11.2. The summed E-state index contributed by atoms with van der Waals surface area (Å²) in [4.78, 5) is 9.47. The van der Waals surface area contributed by atoms with Gasteiger partial charge in [0.15, 0.2) is 5.82 Å². The van der Waals surface area contributed by atoms with E-state index in [4.69, 9.17) is 10.2 Å². The van der Waals surface area contributed by atoms with Gasteiger partial charge in [0.1, 0.15) is 5.82 Å². The highest BCUT2D eigenvalue weighted by atomic mass is 32.2. The first kappa shape index (κ1) is 20.5. The van der Waals surface area contributed by atoms with Crippen LogP contribution < -0.4 is 10.0 Å². The van der Waals surface area contributed by atoms with Crippen LogP contribution in [0.5, 0.6) is 0 Å². The van der Waals surface area contributed by atoms with Crippen LogP contribution in [-0.2, 0) is 10.0 Å². The number of anilines is 2. The molecule has 4 rings (SSSR count). The summed E-state index contributed by atoms with van der Waals surface area (Å²) in [5.74, 6) is 1.15. The Kier molecular flexibility index (Phi) is 5.89. The van der Waals surface area contributed by atoms with Crippen molar-refractivity contribution in [3.63, 3.8) is 0 Å².